The Kier molecular flexibility index (Phi) is 4.62. The number of nitrogens with zero attached hydrogens (tertiary/aromatic N) is 1. The number of nitrogens with one attached hydrogen (secondary N) is 1. The van der Waals surface area contributed by atoms with Crippen molar-refractivity contribution in [3.63, 3.8) is 0 Å². The maximum absolute atomic E-state index is 10.6. The summed E-state index contributed by atoms with van der Waals surface area (Å²) in [5, 5.41) is 14.5. The number of rotatable bonds is 4. The van der Waals surface area contributed by atoms with E-state index in [2.05, 4.69) is 21.2 Å². The van der Waals surface area contributed by atoms with Gasteiger partial charge in [0.2, 0.25) is 0 Å². The predicted octanol–water partition coefficient (Wildman–Crippen LogP) is 5.18. The van der Waals surface area contributed by atoms with Gasteiger partial charge < -0.3 is 5.32 Å². The van der Waals surface area contributed by atoms with Gasteiger partial charge in [-0.2, -0.15) is 0 Å². The number of hydrogen-bond donors (Lipinski definition) is 1. The van der Waals surface area contributed by atoms with Gasteiger partial charge in [-0.1, -0.05) is 23.7 Å². The zero-order chi connectivity index (χ0) is 14.7. The number of benzene rings is 2. The molecule has 0 fully saturated rings. The molecule has 2 rings (SSSR count). The van der Waals surface area contributed by atoms with Crippen molar-refractivity contribution in [2.75, 3.05) is 5.32 Å². The van der Waals surface area contributed by atoms with Gasteiger partial charge in [0.15, 0.2) is 0 Å². The molecule has 0 saturated carbocycles. The van der Waals surface area contributed by atoms with E-state index in [1.807, 2.05) is 25.1 Å². The van der Waals surface area contributed by atoms with E-state index in [4.69, 9.17) is 11.6 Å². The van der Waals surface area contributed by atoms with Crippen LogP contribution in [0.15, 0.2) is 46.9 Å². The minimum atomic E-state index is -0.406. The molecule has 4 nitrogen and oxygen atoms in total. The van der Waals surface area contributed by atoms with Crippen molar-refractivity contribution in [2.24, 2.45) is 0 Å². The number of hydrogen-bond acceptors (Lipinski definition) is 3. The van der Waals surface area contributed by atoms with Gasteiger partial charge in [-0.3, -0.25) is 10.1 Å². The first-order valence-electron chi connectivity index (χ1n) is 5.93. The smallest absolute Gasteiger partial charge is 0.269 e. The third-order valence-corrected chi connectivity index (χ3v) is 4.14. The molecule has 104 valence electrons. The second kappa shape index (κ2) is 6.24. The lowest BCUT2D eigenvalue weighted by atomic mass is 10.1. The summed E-state index contributed by atoms with van der Waals surface area (Å²) in [5.41, 5.74) is 1.95. The zero-order valence-electron chi connectivity index (χ0n) is 10.6. The molecule has 0 aliphatic carbocycles. The van der Waals surface area contributed by atoms with E-state index in [1.165, 1.54) is 12.1 Å². The quantitative estimate of drug-likeness (QED) is 0.607. The van der Waals surface area contributed by atoms with E-state index in [1.54, 1.807) is 12.1 Å². The normalized spacial score (nSPS) is 11.9. The fourth-order valence-corrected chi connectivity index (χ4v) is 2.23. The Labute approximate surface area is 130 Å². The van der Waals surface area contributed by atoms with Crippen LogP contribution in [0.1, 0.15) is 18.5 Å². The molecule has 0 aliphatic rings. The highest BCUT2D eigenvalue weighted by atomic mass is 79.9. The number of non-ortho nitro benzene ring substituents is 1. The minimum Gasteiger partial charge on any atom is -0.378 e. The first-order chi connectivity index (χ1) is 9.47. The number of nitro groups is 1. The fourth-order valence-electron chi connectivity index (χ4n) is 1.80. The highest BCUT2D eigenvalue weighted by Crippen LogP contribution is 2.28. The van der Waals surface area contributed by atoms with Crippen molar-refractivity contribution in [3.8, 4) is 0 Å². The molecule has 2 aromatic rings. The van der Waals surface area contributed by atoms with Crippen molar-refractivity contribution in [3.05, 3.63) is 67.6 Å². The SMILES string of the molecule is CC(Nc1ccc(Br)c(Cl)c1)c1ccc([N+](=O)[O-])cc1. The molecule has 0 saturated heterocycles. The van der Waals surface area contributed by atoms with E-state index in [0.717, 1.165) is 15.7 Å². The van der Waals surface area contributed by atoms with Crippen molar-refractivity contribution in [2.45, 2.75) is 13.0 Å². The maximum Gasteiger partial charge on any atom is 0.269 e. The molecule has 1 unspecified atom stereocenters. The molecule has 0 aliphatic heterocycles. The van der Waals surface area contributed by atoms with Gasteiger partial charge in [-0.15, -0.1) is 0 Å². The summed E-state index contributed by atoms with van der Waals surface area (Å²) in [5.74, 6) is 0. The summed E-state index contributed by atoms with van der Waals surface area (Å²) in [4.78, 5) is 10.2. The molecule has 1 atom stereocenters. The number of nitro benzene ring substituents is 1. The first kappa shape index (κ1) is 14.8. The largest absolute Gasteiger partial charge is 0.378 e. The molecule has 20 heavy (non-hydrogen) atoms. The van der Waals surface area contributed by atoms with E-state index >= 15 is 0 Å². The van der Waals surface area contributed by atoms with Crippen molar-refractivity contribution in [1.29, 1.82) is 0 Å². The molecular formula is C14H12BrClN2O2. The van der Waals surface area contributed by atoms with Crippen LogP contribution in [0.5, 0.6) is 0 Å². The van der Waals surface area contributed by atoms with Gasteiger partial charge in [0.1, 0.15) is 0 Å². The Morgan fingerprint density at radius 2 is 1.90 bits per heavy atom. The van der Waals surface area contributed by atoms with Crippen LogP contribution in [-0.4, -0.2) is 4.92 Å². The Hall–Kier alpha value is -1.59. The van der Waals surface area contributed by atoms with Gasteiger partial charge >= 0.3 is 0 Å². The van der Waals surface area contributed by atoms with Crippen LogP contribution >= 0.6 is 27.5 Å². The number of anilines is 1. The average Bonchev–Trinajstić information content (AvgIpc) is 2.43. The highest BCUT2D eigenvalue weighted by molar-refractivity contribution is 9.10. The molecule has 0 aromatic heterocycles. The second-order valence-electron chi connectivity index (χ2n) is 4.34. The van der Waals surface area contributed by atoms with Gasteiger partial charge in [0, 0.05) is 28.3 Å². The van der Waals surface area contributed by atoms with Crippen LogP contribution < -0.4 is 5.32 Å². The Morgan fingerprint density at radius 1 is 1.25 bits per heavy atom. The van der Waals surface area contributed by atoms with Crippen LogP contribution in [0.2, 0.25) is 5.02 Å². The summed E-state index contributed by atoms with van der Waals surface area (Å²) in [7, 11) is 0. The van der Waals surface area contributed by atoms with E-state index < -0.39 is 4.92 Å². The van der Waals surface area contributed by atoms with E-state index in [9.17, 15) is 10.1 Å². The lowest BCUT2D eigenvalue weighted by Crippen LogP contribution is -2.06. The fraction of sp³-hybridized carbons (Fsp3) is 0.143. The maximum atomic E-state index is 10.6. The molecule has 0 heterocycles. The Morgan fingerprint density at radius 3 is 2.45 bits per heavy atom. The summed E-state index contributed by atoms with van der Waals surface area (Å²) >= 11 is 9.38. The predicted molar refractivity (Wildman–Crippen MR) is 84.3 cm³/mol. The van der Waals surface area contributed by atoms with Crippen LogP contribution in [0, 0.1) is 10.1 Å². The summed E-state index contributed by atoms with van der Waals surface area (Å²) < 4.78 is 0.840. The van der Waals surface area contributed by atoms with Crippen LogP contribution in [-0.2, 0) is 0 Å². The van der Waals surface area contributed by atoms with Crippen LogP contribution in [0.3, 0.4) is 0 Å². The van der Waals surface area contributed by atoms with E-state index in [-0.39, 0.29) is 11.7 Å². The molecule has 2 aromatic carbocycles. The van der Waals surface area contributed by atoms with E-state index in [0.29, 0.717) is 5.02 Å². The molecule has 0 radical (unpaired) electrons. The Bertz CT molecular complexity index is 632. The van der Waals surface area contributed by atoms with Crippen molar-refractivity contribution >= 4 is 38.9 Å². The summed E-state index contributed by atoms with van der Waals surface area (Å²) in [6.45, 7) is 1.98. The molecule has 0 spiro atoms. The van der Waals surface area contributed by atoms with Gasteiger partial charge in [0.05, 0.1) is 9.95 Å². The first-order valence-corrected chi connectivity index (χ1v) is 7.10. The standard InChI is InChI=1S/C14H12BrClN2O2/c1-9(10-2-5-12(6-3-10)18(19)20)17-11-4-7-13(15)14(16)8-11/h2-9,17H,1H3. The molecule has 1 N–H and O–H groups in total. The monoisotopic (exact) mass is 354 g/mol. The van der Waals surface area contributed by atoms with Gasteiger partial charge in [-0.05, 0) is 46.6 Å². The third kappa shape index (κ3) is 3.49. The lowest BCUT2D eigenvalue weighted by molar-refractivity contribution is -0.384. The summed E-state index contributed by atoms with van der Waals surface area (Å²) in [6.07, 6.45) is 0. The number of halogens is 2. The molecule has 6 heteroatoms. The third-order valence-electron chi connectivity index (χ3n) is 2.91. The Balaban J connectivity index is 2.12. The van der Waals surface area contributed by atoms with Gasteiger partial charge in [0.25, 0.3) is 5.69 Å². The molecule has 0 amide bonds. The minimum absolute atomic E-state index is 0.0213. The van der Waals surface area contributed by atoms with Crippen LogP contribution in [0.4, 0.5) is 11.4 Å². The average molecular weight is 356 g/mol. The second-order valence-corrected chi connectivity index (χ2v) is 5.61. The summed E-state index contributed by atoms with van der Waals surface area (Å²) in [6, 6.07) is 12.1. The van der Waals surface area contributed by atoms with Gasteiger partial charge in [-0.25, -0.2) is 0 Å². The van der Waals surface area contributed by atoms with Crippen molar-refractivity contribution in [1.82, 2.24) is 0 Å². The lowest BCUT2D eigenvalue weighted by Gasteiger charge is -2.16. The van der Waals surface area contributed by atoms with Crippen molar-refractivity contribution < 1.29 is 4.92 Å². The highest BCUT2D eigenvalue weighted by Gasteiger charge is 2.09. The zero-order valence-corrected chi connectivity index (χ0v) is 13.0. The van der Waals surface area contributed by atoms with Crippen LogP contribution in [0.25, 0.3) is 0 Å². The topological polar surface area (TPSA) is 55.2 Å². The molecule has 0 bridgehead atoms. The molecular weight excluding hydrogens is 344 g/mol.